The van der Waals surface area contributed by atoms with Crippen LogP contribution in [0.3, 0.4) is 0 Å². The number of ether oxygens (including phenoxy) is 1. The number of nitrogens with zero attached hydrogens (tertiary/aromatic N) is 1. The first-order valence-electron chi connectivity index (χ1n) is 8.74. The van der Waals surface area contributed by atoms with Gasteiger partial charge in [0.25, 0.3) is 0 Å². The van der Waals surface area contributed by atoms with E-state index in [0.29, 0.717) is 28.1 Å². The van der Waals surface area contributed by atoms with Crippen molar-refractivity contribution in [3.05, 3.63) is 81.5 Å². The number of benzene rings is 2. The highest BCUT2D eigenvalue weighted by molar-refractivity contribution is 5.87. The summed E-state index contributed by atoms with van der Waals surface area (Å²) >= 11 is 0. The molecule has 0 N–H and O–H groups in total. The molecule has 0 aliphatic heterocycles. The van der Waals surface area contributed by atoms with Crippen LogP contribution in [0.5, 0.6) is 0 Å². The number of carbonyl (C=O) groups is 1. The highest BCUT2D eigenvalue weighted by atomic mass is 16.5. The van der Waals surface area contributed by atoms with Gasteiger partial charge in [-0.1, -0.05) is 12.1 Å². The molecule has 0 atom stereocenters. The van der Waals surface area contributed by atoms with Crippen LogP contribution in [0.2, 0.25) is 0 Å². The van der Waals surface area contributed by atoms with E-state index in [1.54, 1.807) is 6.07 Å². The second-order valence-corrected chi connectivity index (χ2v) is 6.48. The van der Waals surface area contributed by atoms with E-state index in [1.807, 2.05) is 44.2 Å². The maximum absolute atomic E-state index is 12.1. The first-order chi connectivity index (χ1) is 13.5. The molecule has 4 aromatic rings. The van der Waals surface area contributed by atoms with Crippen LogP contribution in [0, 0.1) is 13.8 Å². The van der Waals surface area contributed by atoms with Gasteiger partial charge >= 0.3 is 11.6 Å². The Kier molecular flexibility index (Phi) is 4.53. The zero-order valence-corrected chi connectivity index (χ0v) is 15.4. The normalized spacial score (nSPS) is 11.5. The molecule has 0 aliphatic carbocycles. The van der Waals surface area contributed by atoms with Crippen molar-refractivity contribution in [1.82, 2.24) is 4.98 Å². The molecule has 2 heterocycles. The van der Waals surface area contributed by atoms with Gasteiger partial charge in [0.2, 0.25) is 5.89 Å². The Bertz CT molecular complexity index is 1250. The molecule has 0 amide bonds. The van der Waals surface area contributed by atoms with Crippen LogP contribution in [-0.4, -0.2) is 11.0 Å². The predicted octanol–water partition coefficient (Wildman–Crippen LogP) is 4.31. The van der Waals surface area contributed by atoms with Crippen LogP contribution in [0.4, 0.5) is 0 Å². The molecular formula is C22H17NO5. The third-order valence-corrected chi connectivity index (χ3v) is 4.49. The van der Waals surface area contributed by atoms with E-state index in [9.17, 15) is 9.59 Å². The van der Waals surface area contributed by atoms with E-state index >= 15 is 0 Å². The largest absolute Gasteiger partial charge is 0.458 e. The molecule has 4 rings (SSSR count). The smallest absolute Gasteiger partial charge is 0.336 e. The summed E-state index contributed by atoms with van der Waals surface area (Å²) in [6.07, 6.45) is 2.70. The SMILES string of the molecule is Cc1cc2oc(=O)cc(COC(=O)/C=C/c3nc4ccccc4o3)c2cc1C. The predicted molar refractivity (Wildman–Crippen MR) is 105 cm³/mol. The van der Waals surface area contributed by atoms with E-state index < -0.39 is 11.6 Å². The lowest BCUT2D eigenvalue weighted by Gasteiger charge is -2.08. The van der Waals surface area contributed by atoms with Gasteiger partial charge in [-0.3, -0.25) is 0 Å². The molecule has 6 nitrogen and oxygen atoms in total. The second kappa shape index (κ2) is 7.15. The van der Waals surface area contributed by atoms with Gasteiger partial charge in [-0.2, -0.15) is 0 Å². The fourth-order valence-corrected chi connectivity index (χ4v) is 2.90. The second-order valence-electron chi connectivity index (χ2n) is 6.48. The van der Waals surface area contributed by atoms with E-state index in [0.717, 1.165) is 16.5 Å². The van der Waals surface area contributed by atoms with Crippen molar-refractivity contribution in [1.29, 1.82) is 0 Å². The summed E-state index contributed by atoms with van der Waals surface area (Å²) in [4.78, 5) is 28.1. The Labute approximate surface area is 160 Å². The number of esters is 1. The molecule has 0 saturated heterocycles. The van der Waals surface area contributed by atoms with Crippen LogP contribution < -0.4 is 5.63 Å². The van der Waals surface area contributed by atoms with Gasteiger partial charge in [-0.15, -0.1) is 0 Å². The maximum atomic E-state index is 12.1. The minimum absolute atomic E-state index is 0.0403. The molecule has 6 heteroatoms. The summed E-state index contributed by atoms with van der Waals surface area (Å²) in [5.41, 5.74) is 4.02. The summed E-state index contributed by atoms with van der Waals surface area (Å²) in [7, 11) is 0. The van der Waals surface area contributed by atoms with Crippen LogP contribution in [-0.2, 0) is 16.1 Å². The van der Waals surface area contributed by atoms with Crippen LogP contribution in [0.1, 0.15) is 22.6 Å². The molecule has 0 spiro atoms. The van der Waals surface area contributed by atoms with E-state index in [4.69, 9.17) is 13.6 Å². The Hall–Kier alpha value is -3.67. The zero-order chi connectivity index (χ0) is 19.7. The lowest BCUT2D eigenvalue weighted by molar-refractivity contribution is -0.138. The zero-order valence-electron chi connectivity index (χ0n) is 15.4. The molecule has 140 valence electrons. The summed E-state index contributed by atoms with van der Waals surface area (Å²) in [6, 6.07) is 12.4. The number of carbonyl (C=O) groups excluding carboxylic acids is 1. The van der Waals surface area contributed by atoms with Gasteiger partial charge in [0.05, 0.1) is 0 Å². The average molecular weight is 375 g/mol. The standard InChI is InChI=1S/C22H17NO5/c1-13-9-16-15(11-22(25)28-19(16)10-14(13)2)12-26-21(24)8-7-20-23-17-5-3-4-6-18(17)27-20/h3-11H,12H2,1-2H3/b8-7+. The minimum Gasteiger partial charge on any atom is -0.458 e. The van der Waals surface area contributed by atoms with Crippen molar-refractivity contribution >= 4 is 34.1 Å². The van der Waals surface area contributed by atoms with Crippen molar-refractivity contribution in [2.24, 2.45) is 0 Å². The van der Waals surface area contributed by atoms with Gasteiger partial charge in [0.1, 0.15) is 17.7 Å². The fourth-order valence-electron chi connectivity index (χ4n) is 2.90. The van der Waals surface area contributed by atoms with Crippen LogP contribution in [0.25, 0.3) is 28.1 Å². The average Bonchev–Trinajstić information content (AvgIpc) is 3.09. The highest BCUT2D eigenvalue weighted by Crippen LogP contribution is 2.22. The third kappa shape index (κ3) is 3.57. The summed E-state index contributed by atoms with van der Waals surface area (Å²) in [5.74, 6) is -0.248. The molecule has 2 aromatic heterocycles. The topological polar surface area (TPSA) is 82.5 Å². The Morgan fingerprint density at radius 3 is 2.68 bits per heavy atom. The minimum atomic E-state index is -0.563. The molecule has 28 heavy (non-hydrogen) atoms. The van der Waals surface area contributed by atoms with Crippen molar-refractivity contribution < 1.29 is 18.4 Å². The van der Waals surface area contributed by atoms with Crippen molar-refractivity contribution in [3.63, 3.8) is 0 Å². The van der Waals surface area contributed by atoms with Gasteiger partial charge in [0, 0.05) is 29.2 Å². The number of aromatic nitrogens is 1. The van der Waals surface area contributed by atoms with Gasteiger partial charge < -0.3 is 13.6 Å². The quantitative estimate of drug-likeness (QED) is 0.300. The number of rotatable bonds is 4. The summed E-state index contributed by atoms with van der Waals surface area (Å²) in [5, 5.41) is 0.749. The number of oxazole rings is 1. The molecule has 0 fully saturated rings. The lowest BCUT2D eigenvalue weighted by Crippen LogP contribution is -2.06. The molecule has 0 aliphatic rings. The molecule has 0 unspecified atom stereocenters. The van der Waals surface area contributed by atoms with Crippen molar-refractivity contribution in [2.45, 2.75) is 20.5 Å². The first kappa shape index (κ1) is 17.7. The number of hydrogen-bond acceptors (Lipinski definition) is 6. The number of fused-ring (bicyclic) bond motifs is 2. The number of hydrogen-bond donors (Lipinski definition) is 0. The monoisotopic (exact) mass is 375 g/mol. The van der Waals surface area contributed by atoms with Crippen molar-refractivity contribution in [3.8, 4) is 0 Å². The molecule has 0 saturated carbocycles. The number of aryl methyl sites for hydroxylation is 2. The summed E-state index contributed by atoms with van der Waals surface area (Å²) in [6.45, 7) is 3.87. The maximum Gasteiger partial charge on any atom is 0.336 e. The van der Waals surface area contributed by atoms with Crippen molar-refractivity contribution in [2.75, 3.05) is 0 Å². The van der Waals surface area contributed by atoms with Crippen LogP contribution in [0.15, 0.2) is 62.2 Å². The molecule has 0 radical (unpaired) electrons. The third-order valence-electron chi connectivity index (χ3n) is 4.49. The molecular weight excluding hydrogens is 358 g/mol. The van der Waals surface area contributed by atoms with E-state index in [1.165, 1.54) is 18.2 Å². The Balaban J connectivity index is 1.51. The number of para-hydroxylation sites is 2. The fraction of sp³-hybridized carbons (Fsp3) is 0.136. The van der Waals surface area contributed by atoms with E-state index in [-0.39, 0.29) is 6.61 Å². The molecule has 2 aromatic carbocycles. The first-order valence-corrected chi connectivity index (χ1v) is 8.74. The van der Waals surface area contributed by atoms with Gasteiger partial charge in [-0.05, 0) is 49.2 Å². The summed E-state index contributed by atoms with van der Waals surface area (Å²) < 4.78 is 16.0. The Morgan fingerprint density at radius 2 is 1.86 bits per heavy atom. The molecule has 0 bridgehead atoms. The van der Waals surface area contributed by atoms with Gasteiger partial charge in [0.15, 0.2) is 5.58 Å². The van der Waals surface area contributed by atoms with Gasteiger partial charge in [-0.25, -0.2) is 14.6 Å². The Morgan fingerprint density at radius 1 is 1.07 bits per heavy atom. The van der Waals surface area contributed by atoms with Crippen LogP contribution >= 0.6 is 0 Å². The van der Waals surface area contributed by atoms with E-state index in [2.05, 4.69) is 4.98 Å². The lowest BCUT2D eigenvalue weighted by atomic mass is 10.0. The highest BCUT2D eigenvalue weighted by Gasteiger charge is 2.10.